The highest BCUT2D eigenvalue weighted by atomic mass is 16.2. The van der Waals surface area contributed by atoms with Gasteiger partial charge in [0, 0.05) is 26.1 Å². The maximum atomic E-state index is 12.7. The van der Waals surface area contributed by atoms with E-state index in [1.54, 1.807) is 0 Å². The number of hydrogen-bond acceptors (Lipinski definition) is 2. The normalized spacial score (nSPS) is 18.6. The summed E-state index contributed by atoms with van der Waals surface area (Å²) in [6.07, 6.45) is 4.12. The van der Waals surface area contributed by atoms with Gasteiger partial charge in [-0.25, -0.2) is 0 Å². The molecule has 150 valence electrons. The van der Waals surface area contributed by atoms with Gasteiger partial charge in [-0.3, -0.25) is 4.79 Å². The van der Waals surface area contributed by atoms with Crippen LogP contribution in [0.25, 0.3) is 0 Å². The topological polar surface area (TPSA) is 23.6 Å². The monoisotopic (exact) mass is 378 g/mol. The van der Waals surface area contributed by atoms with E-state index in [4.69, 9.17) is 0 Å². The average Bonchev–Trinajstić information content (AvgIpc) is 2.76. The van der Waals surface area contributed by atoms with Gasteiger partial charge < -0.3 is 9.80 Å². The van der Waals surface area contributed by atoms with E-state index < -0.39 is 0 Å². The molecule has 0 radical (unpaired) electrons. The highest BCUT2D eigenvalue weighted by Crippen LogP contribution is 2.25. The van der Waals surface area contributed by atoms with E-state index >= 15 is 0 Å². The number of benzene rings is 2. The van der Waals surface area contributed by atoms with Gasteiger partial charge in [0.15, 0.2) is 0 Å². The lowest BCUT2D eigenvalue weighted by molar-refractivity contribution is -0.134. The van der Waals surface area contributed by atoms with E-state index in [1.165, 1.54) is 30.5 Å². The molecule has 0 aromatic heterocycles. The molecule has 1 amide bonds. The van der Waals surface area contributed by atoms with Crippen molar-refractivity contribution in [2.75, 3.05) is 26.2 Å². The summed E-state index contributed by atoms with van der Waals surface area (Å²) in [5.74, 6) is 0.823. The molecule has 3 rings (SSSR count). The van der Waals surface area contributed by atoms with Crippen molar-refractivity contribution >= 4 is 5.91 Å². The Morgan fingerprint density at radius 2 is 1.79 bits per heavy atom. The molecule has 1 aliphatic heterocycles. The lowest BCUT2D eigenvalue weighted by Gasteiger charge is -2.38. The molecule has 2 aromatic carbocycles. The summed E-state index contributed by atoms with van der Waals surface area (Å²) in [5.41, 5.74) is 2.63. The maximum absolute atomic E-state index is 12.7. The molecule has 1 aliphatic rings. The first-order valence-electron chi connectivity index (χ1n) is 10.8. The van der Waals surface area contributed by atoms with E-state index in [-0.39, 0.29) is 11.9 Å². The summed E-state index contributed by atoms with van der Waals surface area (Å²) in [6.45, 7) is 8.39. The van der Waals surface area contributed by atoms with Crippen LogP contribution >= 0.6 is 0 Å². The van der Waals surface area contributed by atoms with Crippen LogP contribution < -0.4 is 0 Å². The summed E-state index contributed by atoms with van der Waals surface area (Å²) in [7, 11) is 0. The lowest BCUT2D eigenvalue weighted by atomic mass is 9.95. The first kappa shape index (κ1) is 20.6. The van der Waals surface area contributed by atoms with Crippen molar-refractivity contribution in [2.24, 2.45) is 5.92 Å². The van der Waals surface area contributed by atoms with Crippen molar-refractivity contribution < 1.29 is 4.79 Å². The molecule has 1 fully saturated rings. The van der Waals surface area contributed by atoms with Gasteiger partial charge in [-0.15, -0.1) is 0 Å². The summed E-state index contributed by atoms with van der Waals surface area (Å²) in [6, 6.07) is 21.3. The highest BCUT2D eigenvalue weighted by molar-refractivity contribution is 5.76. The van der Waals surface area contributed by atoms with Crippen LogP contribution in [-0.4, -0.2) is 41.9 Å². The van der Waals surface area contributed by atoms with Crippen LogP contribution in [0.2, 0.25) is 0 Å². The number of carbonyl (C=O) groups excluding carboxylic acids is 1. The fraction of sp³-hybridized carbons (Fsp3) is 0.480. The third kappa shape index (κ3) is 5.68. The molecular formula is C25H34N2O. The number of likely N-dealkylation sites (tertiary alicyclic amines) is 1. The number of hydrogen-bond donors (Lipinski definition) is 0. The van der Waals surface area contributed by atoms with Crippen molar-refractivity contribution in [1.82, 2.24) is 9.80 Å². The summed E-state index contributed by atoms with van der Waals surface area (Å²) in [4.78, 5) is 17.4. The Bertz CT molecular complexity index is 716. The van der Waals surface area contributed by atoms with E-state index in [0.29, 0.717) is 12.3 Å². The molecule has 2 aromatic rings. The third-order valence-electron chi connectivity index (χ3n) is 5.99. The van der Waals surface area contributed by atoms with Gasteiger partial charge in [-0.2, -0.15) is 0 Å². The van der Waals surface area contributed by atoms with Crippen LogP contribution in [0.3, 0.4) is 0 Å². The van der Waals surface area contributed by atoms with Crippen LogP contribution in [-0.2, 0) is 11.2 Å². The number of nitrogens with zero attached hydrogens (tertiary/aromatic N) is 2. The van der Waals surface area contributed by atoms with E-state index in [0.717, 1.165) is 26.1 Å². The first-order chi connectivity index (χ1) is 13.7. The minimum atomic E-state index is 0.133. The van der Waals surface area contributed by atoms with Crippen LogP contribution in [0, 0.1) is 5.92 Å². The molecule has 0 bridgehead atoms. The predicted octanol–water partition coefficient (Wildman–Crippen LogP) is 4.94. The molecule has 1 unspecified atom stereocenters. The van der Waals surface area contributed by atoms with Crippen LogP contribution in [0.5, 0.6) is 0 Å². The SMILES string of the molecule is CCC(=O)N(C[C@@H]1CCCN(CCc2ccccc2)C1)C(C)c1ccccc1. The van der Waals surface area contributed by atoms with E-state index in [1.807, 2.05) is 13.0 Å². The fourth-order valence-electron chi connectivity index (χ4n) is 4.30. The third-order valence-corrected chi connectivity index (χ3v) is 5.99. The minimum Gasteiger partial charge on any atom is -0.336 e. The zero-order chi connectivity index (χ0) is 19.8. The van der Waals surface area contributed by atoms with Gasteiger partial charge in [0.25, 0.3) is 0 Å². The predicted molar refractivity (Wildman–Crippen MR) is 116 cm³/mol. The van der Waals surface area contributed by atoms with E-state index in [9.17, 15) is 4.79 Å². The molecule has 0 saturated carbocycles. The lowest BCUT2D eigenvalue weighted by Crippen LogP contribution is -2.44. The molecule has 1 saturated heterocycles. The second-order valence-corrected chi connectivity index (χ2v) is 8.03. The van der Waals surface area contributed by atoms with Crippen molar-refractivity contribution in [3.63, 3.8) is 0 Å². The van der Waals surface area contributed by atoms with Crippen LogP contribution in [0.15, 0.2) is 60.7 Å². The van der Waals surface area contributed by atoms with Crippen molar-refractivity contribution in [3.05, 3.63) is 71.8 Å². The molecule has 0 spiro atoms. The van der Waals surface area contributed by atoms with Crippen molar-refractivity contribution in [3.8, 4) is 0 Å². The molecule has 0 aliphatic carbocycles. The van der Waals surface area contributed by atoms with Gasteiger partial charge in [-0.1, -0.05) is 67.6 Å². The molecule has 3 heteroatoms. The number of rotatable bonds is 8. The highest BCUT2D eigenvalue weighted by Gasteiger charge is 2.27. The summed E-state index contributed by atoms with van der Waals surface area (Å²) < 4.78 is 0. The Kier molecular flexibility index (Phi) is 7.67. The Labute approximate surface area is 170 Å². The second-order valence-electron chi connectivity index (χ2n) is 8.03. The summed E-state index contributed by atoms with van der Waals surface area (Å²) >= 11 is 0. The molecule has 1 heterocycles. The van der Waals surface area contributed by atoms with Crippen molar-refractivity contribution in [2.45, 2.75) is 45.6 Å². The Morgan fingerprint density at radius 1 is 1.11 bits per heavy atom. The van der Waals surface area contributed by atoms with E-state index in [2.05, 4.69) is 71.3 Å². The van der Waals surface area contributed by atoms with Gasteiger partial charge in [0.2, 0.25) is 5.91 Å². The largest absolute Gasteiger partial charge is 0.336 e. The zero-order valence-corrected chi connectivity index (χ0v) is 17.4. The average molecular weight is 379 g/mol. The quantitative estimate of drug-likeness (QED) is 0.649. The van der Waals surface area contributed by atoms with Gasteiger partial charge in [0.05, 0.1) is 6.04 Å². The number of amides is 1. The number of piperidine rings is 1. The Balaban J connectivity index is 1.59. The standard InChI is InChI=1S/C25H34N2O/c1-3-25(28)27(21(2)24-14-8-5-9-15-24)20-23-13-10-17-26(19-23)18-16-22-11-6-4-7-12-22/h4-9,11-12,14-15,21,23H,3,10,13,16-20H2,1-2H3/t21?,23-/m1/s1. The molecular weight excluding hydrogens is 344 g/mol. The minimum absolute atomic E-state index is 0.133. The smallest absolute Gasteiger partial charge is 0.222 e. The van der Waals surface area contributed by atoms with Gasteiger partial charge >= 0.3 is 0 Å². The Morgan fingerprint density at radius 3 is 2.46 bits per heavy atom. The fourth-order valence-corrected chi connectivity index (χ4v) is 4.30. The molecule has 0 N–H and O–H groups in total. The maximum Gasteiger partial charge on any atom is 0.222 e. The molecule has 3 nitrogen and oxygen atoms in total. The molecule has 28 heavy (non-hydrogen) atoms. The van der Waals surface area contributed by atoms with Crippen LogP contribution in [0.4, 0.5) is 0 Å². The van der Waals surface area contributed by atoms with Crippen LogP contribution in [0.1, 0.15) is 50.3 Å². The van der Waals surface area contributed by atoms with Gasteiger partial charge in [-0.05, 0) is 49.8 Å². The zero-order valence-electron chi connectivity index (χ0n) is 17.4. The Hall–Kier alpha value is -2.13. The second kappa shape index (κ2) is 10.4. The van der Waals surface area contributed by atoms with Crippen molar-refractivity contribution in [1.29, 1.82) is 0 Å². The summed E-state index contributed by atoms with van der Waals surface area (Å²) in [5, 5.41) is 0. The molecule has 2 atom stereocenters. The first-order valence-corrected chi connectivity index (χ1v) is 10.8. The van der Waals surface area contributed by atoms with Gasteiger partial charge in [0.1, 0.15) is 0 Å². The number of carbonyl (C=O) groups is 1.